The summed E-state index contributed by atoms with van der Waals surface area (Å²) in [7, 11) is 1.57. The second-order valence-electron chi connectivity index (χ2n) is 3.85. The summed E-state index contributed by atoms with van der Waals surface area (Å²) in [5.74, 6) is 6.75. The number of nitrogens with zero attached hydrogens (tertiary/aromatic N) is 2. The molecule has 0 radical (unpaired) electrons. The van der Waals surface area contributed by atoms with Crippen LogP contribution in [0.5, 0.6) is 5.88 Å². The molecule has 7 nitrogen and oxygen atoms in total. The summed E-state index contributed by atoms with van der Waals surface area (Å²) in [5, 5.41) is 0. The molecule has 0 saturated carbocycles. The molecule has 1 heterocycles. The zero-order chi connectivity index (χ0) is 13.4. The van der Waals surface area contributed by atoms with E-state index in [1.807, 2.05) is 13.8 Å². The van der Waals surface area contributed by atoms with E-state index in [1.54, 1.807) is 13.2 Å². The first-order valence-corrected chi connectivity index (χ1v) is 5.73. The summed E-state index contributed by atoms with van der Waals surface area (Å²) in [5.41, 5.74) is 2.46. The minimum atomic E-state index is 0.185. The average Bonchev–Trinajstić information content (AvgIpc) is 2.34. The van der Waals surface area contributed by atoms with Crippen LogP contribution >= 0.6 is 0 Å². The fraction of sp³-hybridized carbons (Fsp3) is 0.636. The van der Waals surface area contributed by atoms with Gasteiger partial charge in [-0.3, -0.25) is 0 Å². The largest absolute Gasteiger partial charge is 0.475 e. The van der Waals surface area contributed by atoms with Crippen LogP contribution in [0, 0.1) is 0 Å². The first-order valence-electron chi connectivity index (χ1n) is 5.73. The van der Waals surface area contributed by atoms with Crippen LogP contribution in [0.3, 0.4) is 0 Å². The normalized spacial score (nSPS) is 10.7. The van der Waals surface area contributed by atoms with Crippen molar-refractivity contribution in [1.29, 1.82) is 0 Å². The first kappa shape index (κ1) is 14.6. The third-order valence-electron chi connectivity index (χ3n) is 1.95. The fourth-order valence-corrected chi connectivity index (χ4v) is 1.24. The summed E-state index contributed by atoms with van der Waals surface area (Å²) in [4.78, 5) is 8.29. The van der Waals surface area contributed by atoms with E-state index >= 15 is 0 Å². The lowest BCUT2D eigenvalue weighted by atomic mass is 10.5. The zero-order valence-corrected chi connectivity index (χ0v) is 11.0. The van der Waals surface area contributed by atoms with Crippen LogP contribution in [-0.2, 0) is 16.1 Å². The predicted octanol–water partition coefficient (Wildman–Crippen LogP) is 0.712. The summed E-state index contributed by atoms with van der Waals surface area (Å²) >= 11 is 0. The van der Waals surface area contributed by atoms with E-state index in [9.17, 15) is 0 Å². The number of anilines is 1. The van der Waals surface area contributed by atoms with Crippen molar-refractivity contribution in [3.8, 4) is 5.88 Å². The number of nitrogens with two attached hydrogens (primary N) is 1. The Labute approximate surface area is 107 Å². The predicted molar refractivity (Wildman–Crippen MR) is 67.1 cm³/mol. The van der Waals surface area contributed by atoms with Crippen molar-refractivity contribution in [1.82, 2.24) is 9.97 Å². The molecule has 1 aromatic heterocycles. The van der Waals surface area contributed by atoms with Gasteiger partial charge in [-0.05, 0) is 13.8 Å². The smallest absolute Gasteiger partial charge is 0.218 e. The van der Waals surface area contributed by atoms with Crippen LogP contribution in [0.1, 0.15) is 19.7 Å². The van der Waals surface area contributed by atoms with E-state index in [1.165, 1.54) is 0 Å². The summed E-state index contributed by atoms with van der Waals surface area (Å²) in [6, 6.07) is 1.62. The van der Waals surface area contributed by atoms with E-state index in [4.69, 9.17) is 20.1 Å². The Morgan fingerprint density at radius 1 is 1.33 bits per heavy atom. The van der Waals surface area contributed by atoms with Gasteiger partial charge in [-0.2, -0.15) is 4.98 Å². The molecule has 0 aliphatic heterocycles. The number of ether oxygens (including phenoxy) is 3. The third-order valence-corrected chi connectivity index (χ3v) is 1.95. The van der Waals surface area contributed by atoms with Gasteiger partial charge in [-0.15, -0.1) is 0 Å². The Balaban J connectivity index is 2.55. The lowest BCUT2D eigenvalue weighted by Gasteiger charge is -2.10. The van der Waals surface area contributed by atoms with Gasteiger partial charge >= 0.3 is 0 Å². The maximum Gasteiger partial charge on any atom is 0.218 e. The van der Waals surface area contributed by atoms with Crippen molar-refractivity contribution in [3.63, 3.8) is 0 Å². The molecular weight excluding hydrogens is 236 g/mol. The zero-order valence-electron chi connectivity index (χ0n) is 11.0. The van der Waals surface area contributed by atoms with Crippen molar-refractivity contribution < 1.29 is 14.2 Å². The van der Waals surface area contributed by atoms with Gasteiger partial charge in [0.1, 0.15) is 19.0 Å². The van der Waals surface area contributed by atoms with Crippen molar-refractivity contribution in [3.05, 3.63) is 11.9 Å². The molecule has 1 rings (SSSR count). The Kier molecular flexibility index (Phi) is 6.34. The number of hydrogen-bond acceptors (Lipinski definition) is 7. The molecule has 0 aromatic carbocycles. The van der Waals surface area contributed by atoms with E-state index in [2.05, 4.69) is 15.4 Å². The first-order chi connectivity index (χ1) is 8.65. The highest BCUT2D eigenvalue weighted by Crippen LogP contribution is 2.13. The molecule has 0 fully saturated rings. The number of methoxy groups -OCH3 is 1. The molecule has 0 amide bonds. The number of hydrogen-bond donors (Lipinski definition) is 2. The molecule has 0 aliphatic carbocycles. The molecule has 0 unspecified atom stereocenters. The highest BCUT2D eigenvalue weighted by Gasteiger charge is 2.05. The summed E-state index contributed by atoms with van der Waals surface area (Å²) in [6.07, 6.45) is 0.185. The van der Waals surface area contributed by atoms with Gasteiger partial charge in [0.2, 0.25) is 5.88 Å². The highest BCUT2D eigenvalue weighted by atomic mass is 16.5. The molecule has 0 atom stereocenters. The molecule has 0 spiro atoms. The molecule has 7 heteroatoms. The lowest BCUT2D eigenvalue weighted by molar-refractivity contribution is 0.0540. The minimum Gasteiger partial charge on any atom is -0.475 e. The van der Waals surface area contributed by atoms with Crippen LogP contribution in [0.25, 0.3) is 0 Å². The molecule has 3 N–H and O–H groups in total. The topological polar surface area (TPSA) is 91.5 Å². The monoisotopic (exact) mass is 256 g/mol. The standard InChI is InChI=1S/C11H20N4O3/c1-8(2)17-4-5-18-11-6-9(15-12)13-10(14-11)7-16-3/h6,8H,4-5,7,12H2,1-3H3,(H,13,14,15). The van der Waals surface area contributed by atoms with Crippen LogP contribution in [0.2, 0.25) is 0 Å². The van der Waals surface area contributed by atoms with Crippen LogP contribution in [-0.4, -0.2) is 36.4 Å². The molecule has 0 saturated heterocycles. The van der Waals surface area contributed by atoms with Crippen LogP contribution < -0.4 is 16.0 Å². The van der Waals surface area contributed by atoms with Gasteiger partial charge in [0.05, 0.1) is 12.7 Å². The van der Waals surface area contributed by atoms with Crippen molar-refractivity contribution in [2.24, 2.45) is 5.84 Å². The molecule has 102 valence electrons. The Morgan fingerprint density at radius 3 is 2.72 bits per heavy atom. The van der Waals surface area contributed by atoms with Crippen molar-refractivity contribution in [2.75, 3.05) is 25.7 Å². The maximum atomic E-state index is 5.46. The van der Waals surface area contributed by atoms with E-state index < -0.39 is 0 Å². The van der Waals surface area contributed by atoms with Gasteiger partial charge in [-0.25, -0.2) is 10.8 Å². The lowest BCUT2D eigenvalue weighted by Crippen LogP contribution is -2.14. The minimum absolute atomic E-state index is 0.185. The van der Waals surface area contributed by atoms with E-state index in [0.29, 0.717) is 37.3 Å². The quantitative estimate of drug-likeness (QED) is 0.402. The fourth-order valence-electron chi connectivity index (χ4n) is 1.24. The number of rotatable bonds is 8. The molecule has 1 aromatic rings. The Bertz CT molecular complexity index is 360. The van der Waals surface area contributed by atoms with Crippen molar-refractivity contribution in [2.45, 2.75) is 26.6 Å². The molecule has 18 heavy (non-hydrogen) atoms. The summed E-state index contributed by atoms with van der Waals surface area (Å²) in [6.45, 7) is 5.17. The summed E-state index contributed by atoms with van der Waals surface area (Å²) < 4.78 is 15.8. The van der Waals surface area contributed by atoms with Gasteiger partial charge in [-0.1, -0.05) is 0 Å². The highest BCUT2D eigenvalue weighted by molar-refractivity contribution is 5.36. The van der Waals surface area contributed by atoms with Gasteiger partial charge in [0.15, 0.2) is 5.82 Å². The number of aromatic nitrogens is 2. The SMILES string of the molecule is COCc1nc(NN)cc(OCCOC(C)C)n1. The number of nitrogens with one attached hydrogen (secondary N) is 1. The van der Waals surface area contributed by atoms with E-state index in [-0.39, 0.29) is 6.10 Å². The van der Waals surface area contributed by atoms with Crippen LogP contribution in [0.4, 0.5) is 5.82 Å². The number of nitrogen functional groups attached to an aromatic ring is 1. The van der Waals surface area contributed by atoms with Gasteiger partial charge in [0, 0.05) is 13.2 Å². The van der Waals surface area contributed by atoms with Gasteiger partial charge in [0.25, 0.3) is 0 Å². The second kappa shape index (κ2) is 7.80. The van der Waals surface area contributed by atoms with E-state index in [0.717, 1.165) is 0 Å². The molecule has 0 bridgehead atoms. The Morgan fingerprint density at radius 2 is 2.11 bits per heavy atom. The third kappa shape index (κ3) is 5.26. The Hall–Kier alpha value is -1.44. The average molecular weight is 256 g/mol. The van der Waals surface area contributed by atoms with Crippen LogP contribution in [0.15, 0.2) is 6.07 Å². The second-order valence-corrected chi connectivity index (χ2v) is 3.85. The molecule has 0 aliphatic rings. The van der Waals surface area contributed by atoms with Crippen molar-refractivity contribution >= 4 is 5.82 Å². The van der Waals surface area contributed by atoms with Gasteiger partial charge < -0.3 is 19.6 Å². The number of hydrazine groups is 1. The maximum absolute atomic E-state index is 5.46. The molecular formula is C11H20N4O3.